The van der Waals surface area contributed by atoms with Crippen LogP contribution in [0.1, 0.15) is 23.2 Å². The lowest BCUT2D eigenvalue weighted by Crippen LogP contribution is -2.19. The Kier molecular flexibility index (Phi) is 4.40. The lowest BCUT2D eigenvalue weighted by Gasteiger charge is -2.06. The molecule has 2 N–H and O–H groups in total. The van der Waals surface area contributed by atoms with Crippen molar-refractivity contribution < 1.29 is 8.42 Å². The molecule has 0 amide bonds. The fourth-order valence-corrected chi connectivity index (χ4v) is 3.11. The van der Waals surface area contributed by atoms with Crippen molar-refractivity contribution >= 4 is 10.0 Å². The maximum atomic E-state index is 11.6. The van der Waals surface area contributed by atoms with Crippen molar-refractivity contribution in [2.45, 2.75) is 31.3 Å². The van der Waals surface area contributed by atoms with E-state index in [0.29, 0.717) is 18.7 Å². The minimum atomic E-state index is -3.97. The molecule has 1 aromatic carbocycles. The van der Waals surface area contributed by atoms with E-state index in [9.17, 15) is 8.42 Å². The molecule has 0 unspecified atom stereocenters. The van der Waals surface area contributed by atoms with E-state index >= 15 is 0 Å². The van der Waals surface area contributed by atoms with Gasteiger partial charge in [0.1, 0.15) is 11.6 Å². The third-order valence-electron chi connectivity index (χ3n) is 3.14. The maximum Gasteiger partial charge on any atom is 0.256 e. The summed E-state index contributed by atoms with van der Waals surface area (Å²) in [5.41, 5.74) is 1.57. The van der Waals surface area contributed by atoms with E-state index < -0.39 is 10.0 Å². The Hall–Kier alpha value is -2.17. The Morgan fingerprint density at radius 1 is 1.33 bits per heavy atom. The molecule has 0 saturated heterocycles. The SMILES string of the molecule is Cc1nn(CCCc2ccccc2)c(S(N)(=O)=O)c1C#N. The number of aromatic nitrogens is 2. The number of hydrogen-bond acceptors (Lipinski definition) is 4. The Morgan fingerprint density at radius 3 is 2.57 bits per heavy atom. The fourth-order valence-electron chi connectivity index (χ4n) is 2.21. The topological polar surface area (TPSA) is 102 Å². The first-order valence-corrected chi connectivity index (χ1v) is 8.02. The minimum absolute atomic E-state index is 0.0252. The van der Waals surface area contributed by atoms with Crippen molar-refractivity contribution in [3.8, 4) is 6.07 Å². The molecule has 0 radical (unpaired) electrons. The molecule has 0 atom stereocenters. The molecule has 0 saturated carbocycles. The summed E-state index contributed by atoms with van der Waals surface area (Å²) in [5.74, 6) is 0. The van der Waals surface area contributed by atoms with Crippen molar-refractivity contribution in [2.75, 3.05) is 0 Å². The third kappa shape index (κ3) is 3.48. The summed E-state index contributed by atoms with van der Waals surface area (Å²) in [6.07, 6.45) is 1.50. The Labute approximate surface area is 123 Å². The van der Waals surface area contributed by atoms with Gasteiger partial charge in [-0.1, -0.05) is 30.3 Å². The summed E-state index contributed by atoms with van der Waals surface area (Å²) >= 11 is 0. The number of rotatable bonds is 5. The van der Waals surface area contributed by atoms with Gasteiger partial charge >= 0.3 is 0 Å². The number of nitrogens with zero attached hydrogens (tertiary/aromatic N) is 3. The first-order valence-electron chi connectivity index (χ1n) is 6.47. The second-order valence-electron chi connectivity index (χ2n) is 4.73. The van der Waals surface area contributed by atoms with Crippen molar-refractivity contribution in [3.63, 3.8) is 0 Å². The molecule has 21 heavy (non-hydrogen) atoms. The number of hydrogen-bond donors (Lipinski definition) is 1. The highest BCUT2D eigenvalue weighted by Crippen LogP contribution is 2.18. The molecule has 0 bridgehead atoms. The molecule has 2 rings (SSSR count). The largest absolute Gasteiger partial charge is 0.256 e. The van der Waals surface area contributed by atoms with Crippen LogP contribution in [0.4, 0.5) is 0 Å². The third-order valence-corrected chi connectivity index (χ3v) is 4.09. The van der Waals surface area contributed by atoms with E-state index in [1.54, 1.807) is 6.92 Å². The summed E-state index contributed by atoms with van der Waals surface area (Å²) in [5, 5.41) is 18.2. The van der Waals surface area contributed by atoms with Gasteiger partial charge < -0.3 is 0 Å². The first-order chi connectivity index (χ1) is 9.93. The Bertz CT molecular complexity index is 773. The molecule has 0 aliphatic rings. The van der Waals surface area contributed by atoms with Crippen LogP contribution in [0, 0.1) is 18.3 Å². The molecule has 7 heteroatoms. The highest BCUT2D eigenvalue weighted by Gasteiger charge is 2.23. The van der Waals surface area contributed by atoms with E-state index in [4.69, 9.17) is 10.4 Å². The van der Waals surface area contributed by atoms with Gasteiger partial charge in [0.25, 0.3) is 10.0 Å². The summed E-state index contributed by atoms with van der Waals surface area (Å²) < 4.78 is 24.6. The van der Waals surface area contributed by atoms with Crippen LogP contribution >= 0.6 is 0 Å². The molecule has 6 nitrogen and oxygen atoms in total. The Balaban J connectivity index is 2.20. The predicted octanol–water partition coefficient (Wildman–Crippen LogP) is 1.34. The fraction of sp³-hybridized carbons (Fsp3) is 0.286. The van der Waals surface area contributed by atoms with Crippen LogP contribution in [0.5, 0.6) is 0 Å². The molecule has 1 heterocycles. The highest BCUT2D eigenvalue weighted by molar-refractivity contribution is 7.89. The zero-order chi connectivity index (χ0) is 15.5. The standard InChI is InChI=1S/C14H16N4O2S/c1-11-13(10-15)14(21(16,19)20)18(17-11)9-5-8-12-6-3-2-4-7-12/h2-4,6-7H,5,8-9H2,1H3,(H2,16,19,20). The molecular formula is C14H16N4O2S. The number of nitrogens with two attached hydrogens (primary N) is 1. The number of sulfonamides is 1. The van der Waals surface area contributed by atoms with E-state index in [1.807, 2.05) is 36.4 Å². The van der Waals surface area contributed by atoms with E-state index in [2.05, 4.69) is 5.10 Å². The van der Waals surface area contributed by atoms with Gasteiger partial charge in [0.05, 0.1) is 5.69 Å². The number of primary sulfonamides is 1. The molecule has 0 spiro atoms. The van der Waals surface area contributed by atoms with E-state index in [-0.39, 0.29) is 10.6 Å². The average Bonchev–Trinajstić information content (AvgIpc) is 2.76. The normalized spacial score (nSPS) is 11.3. The quantitative estimate of drug-likeness (QED) is 0.900. The zero-order valence-electron chi connectivity index (χ0n) is 11.7. The summed E-state index contributed by atoms with van der Waals surface area (Å²) in [6.45, 7) is 1.99. The van der Waals surface area contributed by atoms with Gasteiger partial charge in [-0.25, -0.2) is 13.6 Å². The van der Waals surface area contributed by atoms with Gasteiger partial charge in [-0.15, -0.1) is 0 Å². The number of nitriles is 1. The van der Waals surface area contributed by atoms with Crippen LogP contribution in [0.15, 0.2) is 35.4 Å². The van der Waals surface area contributed by atoms with Crippen LogP contribution in [0.3, 0.4) is 0 Å². The highest BCUT2D eigenvalue weighted by atomic mass is 32.2. The number of benzene rings is 1. The molecule has 0 fully saturated rings. The predicted molar refractivity (Wildman–Crippen MR) is 77.8 cm³/mol. The van der Waals surface area contributed by atoms with Gasteiger partial charge in [0.2, 0.25) is 0 Å². The first kappa shape index (κ1) is 15.2. The van der Waals surface area contributed by atoms with Crippen LogP contribution in [0.25, 0.3) is 0 Å². The lowest BCUT2D eigenvalue weighted by atomic mass is 10.1. The van der Waals surface area contributed by atoms with Crippen LogP contribution in [-0.2, 0) is 23.0 Å². The van der Waals surface area contributed by atoms with Crippen LogP contribution in [0.2, 0.25) is 0 Å². The summed E-state index contributed by atoms with van der Waals surface area (Å²) in [7, 11) is -3.97. The second-order valence-corrected chi connectivity index (χ2v) is 6.21. The van der Waals surface area contributed by atoms with E-state index in [1.165, 1.54) is 10.2 Å². The molecular weight excluding hydrogens is 288 g/mol. The van der Waals surface area contributed by atoms with Crippen LogP contribution in [-0.4, -0.2) is 18.2 Å². The molecule has 110 valence electrons. The van der Waals surface area contributed by atoms with Gasteiger partial charge in [-0.05, 0) is 25.3 Å². The second kappa shape index (κ2) is 6.08. The van der Waals surface area contributed by atoms with Gasteiger partial charge in [-0.3, -0.25) is 4.68 Å². The Morgan fingerprint density at radius 2 is 2.00 bits per heavy atom. The molecule has 0 aliphatic carbocycles. The molecule has 1 aromatic heterocycles. The maximum absolute atomic E-state index is 11.6. The number of aryl methyl sites for hydroxylation is 3. The summed E-state index contributed by atoms with van der Waals surface area (Å²) in [6, 6.07) is 11.7. The van der Waals surface area contributed by atoms with Crippen molar-refractivity contribution in [1.29, 1.82) is 5.26 Å². The van der Waals surface area contributed by atoms with E-state index in [0.717, 1.165) is 6.42 Å². The monoisotopic (exact) mass is 304 g/mol. The van der Waals surface area contributed by atoms with Crippen molar-refractivity contribution in [2.24, 2.45) is 5.14 Å². The van der Waals surface area contributed by atoms with Gasteiger partial charge in [-0.2, -0.15) is 10.4 Å². The molecule has 0 aliphatic heterocycles. The summed E-state index contributed by atoms with van der Waals surface area (Å²) in [4.78, 5) is 0. The smallest absolute Gasteiger partial charge is 0.252 e. The van der Waals surface area contributed by atoms with Crippen LogP contribution < -0.4 is 5.14 Å². The van der Waals surface area contributed by atoms with Gasteiger partial charge in [0.15, 0.2) is 5.03 Å². The lowest BCUT2D eigenvalue weighted by molar-refractivity contribution is 0.516. The van der Waals surface area contributed by atoms with Gasteiger partial charge in [0, 0.05) is 6.54 Å². The average molecular weight is 304 g/mol. The minimum Gasteiger partial charge on any atom is -0.252 e. The zero-order valence-corrected chi connectivity index (χ0v) is 12.5. The molecule has 2 aromatic rings. The van der Waals surface area contributed by atoms with Crippen molar-refractivity contribution in [3.05, 3.63) is 47.2 Å². The van der Waals surface area contributed by atoms with Crippen molar-refractivity contribution in [1.82, 2.24) is 9.78 Å².